The molecular formula is C20H30ClN7O2. The zero-order chi connectivity index (χ0) is 21.3. The number of ether oxygens (including phenoxy) is 2. The van der Waals surface area contributed by atoms with Crippen molar-refractivity contribution in [2.24, 2.45) is 12.0 Å². The van der Waals surface area contributed by atoms with E-state index < -0.39 is 0 Å². The van der Waals surface area contributed by atoms with Crippen molar-refractivity contribution in [3.63, 3.8) is 0 Å². The van der Waals surface area contributed by atoms with Crippen molar-refractivity contribution in [2.45, 2.75) is 20.0 Å². The predicted octanol–water partition coefficient (Wildman–Crippen LogP) is 1.35. The molecule has 0 aliphatic carbocycles. The van der Waals surface area contributed by atoms with Crippen molar-refractivity contribution in [3.8, 4) is 5.75 Å². The van der Waals surface area contributed by atoms with E-state index >= 15 is 0 Å². The van der Waals surface area contributed by atoms with E-state index in [2.05, 4.69) is 25.7 Å². The first kappa shape index (κ1) is 22.3. The van der Waals surface area contributed by atoms with E-state index in [1.807, 2.05) is 36.7 Å². The minimum Gasteiger partial charge on any atom is -0.495 e. The molecule has 0 spiro atoms. The number of benzene rings is 1. The molecule has 3 rings (SSSR count). The maximum absolute atomic E-state index is 6.24. The lowest BCUT2D eigenvalue weighted by atomic mass is 10.2. The van der Waals surface area contributed by atoms with Crippen LogP contribution in [0, 0.1) is 6.92 Å². The Balaban J connectivity index is 1.61. The summed E-state index contributed by atoms with van der Waals surface area (Å²) in [6, 6.07) is 5.70. The fraction of sp³-hybridized carbons (Fsp3) is 0.550. The van der Waals surface area contributed by atoms with Gasteiger partial charge in [0.15, 0.2) is 11.8 Å². The highest BCUT2D eigenvalue weighted by Crippen LogP contribution is 2.25. The number of nitrogens with zero attached hydrogens (tertiary/aromatic N) is 5. The van der Waals surface area contributed by atoms with E-state index in [9.17, 15) is 0 Å². The lowest BCUT2D eigenvalue weighted by molar-refractivity contribution is 0.0389. The average molecular weight is 436 g/mol. The second kappa shape index (κ2) is 11.1. The van der Waals surface area contributed by atoms with Gasteiger partial charge in [-0.2, -0.15) is 0 Å². The van der Waals surface area contributed by atoms with Gasteiger partial charge in [-0.1, -0.05) is 17.7 Å². The largest absolute Gasteiger partial charge is 0.495 e. The van der Waals surface area contributed by atoms with Gasteiger partial charge < -0.3 is 24.7 Å². The smallest absolute Gasteiger partial charge is 0.192 e. The first-order valence-electron chi connectivity index (χ1n) is 10.1. The Labute approximate surface area is 182 Å². The number of hydrogen-bond donors (Lipinski definition) is 2. The number of nitrogens with one attached hydrogen (secondary N) is 2. The molecule has 1 saturated heterocycles. The van der Waals surface area contributed by atoms with Crippen LogP contribution >= 0.6 is 11.6 Å². The van der Waals surface area contributed by atoms with Crippen LogP contribution in [0.4, 0.5) is 0 Å². The zero-order valence-electron chi connectivity index (χ0n) is 17.8. The number of halogens is 1. The Hall–Kier alpha value is -2.36. The minimum atomic E-state index is 0.494. The van der Waals surface area contributed by atoms with Gasteiger partial charge in [0.1, 0.15) is 11.6 Å². The Morgan fingerprint density at radius 2 is 2.07 bits per heavy atom. The Kier molecular flexibility index (Phi) is 8.30. The topological polar surface area (TPSA) is 88.8 Å². The molecule has 1 fully saturated rings. The van der Waals surface area contributed by atoms with Gasteiger partial charge in [-0.3, -0.25) is 4.90 Å². The fourth-order valence-corrected chi connectivity index (χ4v) is 3.36. The molecule has 1 aliphatic heterocycles. The van der Waals surface area contributed by atoms with Gasteiger partial charge in [0.05, 0.1) is 38.4 Å². The summed E-state index contributed by atoms with van der Waals surface area (Å²) in [6.45, 7) is 8.19. The van der Waals surface area contributed by atoms with E-state index in [1.165, 1.54) is 0 Å². The van der Waals surface area contributed by atoms with Crippen molar-refractivity contribution in [1.82, 2.24) is 30.3 Å². The lowest BCUT2D eigenvalue weighted by Gasteiger charge is -2.26. The SMILES string of the molecule is COc1ccc(CN=C(NCCN2CCOCC2)NCc2nnc(C)n2C)cc1Cl. The third kappa shape index (κ3) is 6.32. The van der Waals surface area contributed by atoms with Gasteiger partial charge in [-0.05, 0) is 24.6 Å². The fourth-order valence-electron chi connectivity index (χ4n) is 3.08. The molecule has 1 aliphatic rings. The van der Waals surface area contributed by atoms with Crippen LogP contribution in [0.25, 0.3) is 0 Å². The number of methoxy groups -OCH3 is 1. The van der Waals surface area contributed by atoms with Gasteiger partial charge in [0.2, 0.25) is 0 Å². The van der Waals surface area contributed by atoms with E-state index in [0.29, 0.717) is 23.9 Å². The molecule has 0 atom stereocenters. The van der Waals surface area contributed by atoms with Crippen molar-refractivity contribution < 1.29 is 9.47 Å². The molecule has 0 saturated carbocycles. The molecule has 164 valence electrons. The van der Waals surface area contributed by atoms with Crippen LogP contribution in [0.3, 0.4) is 0 Å². The van der Waals surface area contributed by atoms with Crippen molar-refractivity contribution in [3.05, 3.63) is 40.4 Å². The molecule has 2 N–H and O–H groups in total. The van der Waals surface area contributed by atoms with E-state index in [0.717, 1.165) is 62.6 Å². The summed E-state index contributed by atoms with van der Waals surface area (Å²) in [5.74, 6) is 3.10. The number of aromatic nitrogens is 3. The van der Waals surface area contributed by atoms with Gasteiger partial charge in [-0.15, -0.1) is 10.2 Å². The molecule has 0 radical (unpaired) electrons. The number of morpholine rings is 1. The third-order valence-electron chi connectivity index (χ3n) is 5.06. The highest BCUT2D eigenvalue weighted by molar-refractivity contribution is 6.32. The predicted molar refractivity (Wildman–Crippen MR) is 117 cm³/mol. The van der Waals surface area contributed by atoms with Gasteiger partial charge in [0, 0.05) is 33.2 Å². The van der Waals surface area contributed by atoms with Gasteiger partial charge >= 0.3 is 0 Å². The van der Waals surface area contributed by atoms with Crippen LogP contribution in [0.5, 0.6) is 5.75 Å². The van der Waals surface area contributed by atoms with Gasteiger partial charge in [0.25, 0.3) is 0 Å². The van der Waals surface area contributed by atoms with Crippen LogP contribution in [0.1, 0.15) is 17.2 Å². The number of aliphatic imine (C=N–C) groups is 1. The number of aryl methyl sites for hydroxylation is 1. The molecule has 30 heavy (non-hydrogen) atoms. The molecule has 1 aromatic heterocycles. The summed E-state index contributed by atoms with van der Waals surface area (Å²) in [4.78, 5) is 7.10. The highest BCUT2D eigenvalue weighted by Gasteiger charge is 2.11. The van der Waals surface area contributed by atoms with E-state index in [-0.39, 0.29) is 0 Å². The van der Waals surface area contributed by atoms with Crippen molar-refractivity contribution in [2.75, 3.05) is 46.5 Å². The summed E-state index contributed by atoms with van der Waals surface area (Å²) in [5, 5.41) is 15.6. The zero-order valence-corrected chi connectivity index (χ0v) is 18.6. The number of rotatable bonds is 8. The molecule has 10 heteroatoms. The summed E-state index contributed by atoms with van der Waals surface area (Å²) >= 11 is 6.24. The normalized spacial score (nSPS) is 15.3. The highest BCUT2D eigenvalue weighted by atomic mass is 35.5. The lowest BCUT2D eigenvalue weighted by Crippen LogP contribution is -2.44. The molecule has 9 nitrogen and oxygen atoms in total. The maximum atomic E-state index is 6.24. The van der Waals surface area contributed by atoms with E-state index in [4.69, 9.17) is 26.1 Å². The summed E-state index contributed by atoms with van der Waals surface area (Å²) in [7, 11) is 3.56. The standard InChI is InChI=1S/C20H30ClN7O2/c1-15-25-26-19(27(15)2)14-24-20(22-6-7-28-8-10-30-11-9-28)23-13-16-4-5-18(29-3)17(21)12-16/h4-5,12H,6-11,13-14H2,1-3H3,(H2,22,23,24). The summed E-state index contributed by atoms with van der Waals surface area (Å²) < 4.78 is 12.6. The molecule has 1 aromatic carbocycles. The molecule has 0 amide bonds. The Bertz CT molecular complexity index is 850. The number of hydrogen-bond acceptors (Lipinski definition) is 6. The molecule has 0 unspecified atom stereocenters. The third-order valence-corrected chi connectivity index (χ3v) is 5.35. The minimum absolute atomic E-state index is 0.494. The van der Waals surface area contributed by atoms with Crippen LogP contribution < -0.4 is 15.4 Å². The Morgan fingerprint density at radius 3 is 2.73 bits per heavy atom. The molecule has 0 bridgehead atoms. The second-order valence-corrected chi connectivity index (χ2v) is 7.50. The Morgan fingerprint density at radius 1 is 1.27 bits per heavy atom. The van der Waals surface area contributed by atoms with Crippen LogP contribution in [0.15, 0.2) is 23.2 Å². The van der Waals surface area contributed by atoms with Crippen molar-refractivity contribution in [1.29, 1.82) is 0 Å². The molecule has 2 aromatic rings. The first-order chi connectivity index (χ1) is 14.6. The van der Waals surface area contributed by atoms with Crippen molar-refractivity contribution >= 4 is 17.6 Å². The van der Waals surface area contributed by atoms with Crippen LogP contribution in [-0.4, -0.2) is 72.1 Å². The quantitative estimate of drug-likeness (QED) is 0.478. The van der Waals surface area contributed by atoms with Gasteiger partial charge in [-0.25, -0.2) is 4.99 Å². The van der Waals surface area contributed by atoms with Crippen LogP contribution in [0.2, 0.25) is 5.02 Å². The van der Waals surface area contributed by atoms with Crippen LogP contribution in [-0.2, 0) is 24.9 Å². The van der Waals surface area contributed by atoms with E-state index in [1.54, 1.807) is 7.11 Å². The maximum Gasteiger partial charge on any atom is 0.192 e. The molecular weight excluding hydrogens is 406 g/mol. The summed E-state index contributed by atoms with van der Waals surface area (Å²) in [6.07, 6.45) is 0. The first-order valence-corrected chi connectivity index (χ1v) is 10.4. The monoisotopic (exact) mass is 435 g/mol. The second-order valence-electron chi connectivity index (χ2n) is 7.09. The number of guanidine groups is 1. The summed E-state index contributed by atoms with van der Waals surface area (Å²) in [5.41, 5.74) is 1.00. The average Bonchev–Trinajstić information content (AvgIpc) is 3.08. The molecule has 2 heterocycles.